The SMILES string of the molecule is Cc1c(C(=O)O)sc2ncnc(Nc3cccnc3OC3CCCCC3O)c12. The van der Waals surface area contributed by atoms with Gasteiger partial charge in [0.05, 0.1) is 11.5 Å². The van der Waals surface area contributed by atoms with Gasteiger partial charge in [0.15, 0.2) is 0 Å². The molecule has 9 heteroatoms. The molecule has 0 amide bonds. The smallest absolute Gasteiger partial charge is 0.346 e. The molecule has 8 nitrogen and oxygen atoms in total. The third-order valence-corrected chi connectivity index (χ3v) is 6.06. The number of nitrogens with zero attached hydrogens (tertiary/aromatic N) is 3. The summed E-state index contributed by atoms with van der Waals surface area (Å²) in [6.45, 7) is 1.75. The minimum atomic E-state index is -0.983. The van der Waals surface area contributed by atoms with E-state index in [1.165, 1.54) is 6.33 Å². The number of aliphatic hydroxyl groups is 1. The Hall–Kier alpha value is -2.78. The molecule has 3 N–H and O–H groups in total. The van der Waals surface area contributed by atoms with E-state index in [1.807, 2.05) is 6.07 Å². The van der Waals surface area contributed by atoms with Gasteiger partial charge in [-0.05, 0) is 43.9 Å². The Balaban J connectivity index is 1.68. The number of rotatable bonds is 5. The summed E-state index contributed by atoms with van der Waals surface area (Å²) in [6.07, 6.45) is 5.73. The lowest BCUT2D eigenvalue weighted by atomic mass is 9.95. The van der Waals surface area contributed by atoms with Crippen LogP contribution in [0.3, 0.4) is 0 Å². The van der Waals surface area contributed by atoms with Crippen molar-refractivity contribution in [3.05, 3.63) is 35.1 Å². The Bertz CT molecular complexity index is 1020. The quantitative estimate of drug-likeness (QED) is 0.595. The fourth-order valence-electron chi connectivity index (χ4n) is 3.44. The summed E-state index contributed by atoms with van der Waals surface area (Å²) in [5, 5.41) is 23.5. The van der Waals surface area contributed by atoms with Gasteiger partial charge in [-0.2, -0.15) is 0 Å². The zero-order valence-corrected chi connectivity index (χ0v) is 16.1. The van der Waals surface area contributed by atoms with Crippen LogP contribution in [-0.2, 0) is 0 Å². The van der Waals surface area contributed by atoms with E-state index in [0.717, 1.165) is 37.0 Å². The van der Waals surface area contributed by atoms with Gasteiger partial charge >= 0.3 is 5.97 Å². The van der Waals surface area contributed by atoms with Crippen molar-refractivity contribution in [2.45, 2.75) is 44.8 Å². The Kier molecular flexibility index (Phi) is 5.10. The molecule has 1 aliphatic carbocycles. The van der Waals surface area contributed by atoms with Crippen LogP contribution in [0.5, 0.6) is 5.88 Å². The number of carboxylic acids is 1. The number of carbonyl (C=O) groups is 1. The lowest BCUT2D eigenvalue weighted by molar-refractivity contribution is 0.00494. The molecule has 1 fully saturated rings. The molecule has 2 unspecified atom stereocenters. The molecule has 0 saturated heterocycles. The first-order chi connectivity index (χ1) is 13.5. The van der Waals surface area contributed by atoms with E-state index < -0.39 is 12.1 Å². The number of pyridine rings is 1. The predicted octanol–water partition coefficient (Wildman–Crippen LogP) is 3.52. The lowest BCUT2D eigenvalue weighted by Crippen LogP contribution is -2.35. The molecule has 3 aromatic heterocycles. The predicted molar refractivity (Wildman–Crippen MR) is 106 cm³/mol. The molecular weight excluding hydrogens is 380 g/mol. The van der Waals surface area contributed by atoms with Crippen molar-refractivity contribution in [3.63, 3.8) is 0 Å². The van der Waals surface area contributed by atoms with Crippen LogP contribution in [0.4, 0.5) is 11.5 Å². The number of aryl methyl sites for hydroxylation is 1. The minimum Gasteiger partial charge on any atom is -0.477 e. The Morgan fingerprint density at radius 3 is 2.89 bits per heavy atom. The lowest BCUT2D eigenvalue weighted by Gasteiger charge is -2.28. The summed E-state index contributed by atoms with van der Waals surface area (Å²) >= 11 is 1.12. The number of aromatic carboxylic acids is 1. The van der Waals surface area contributed by atoms with Gasteiger partial charge in [0.1, 0.15) is 33.6 Å². The Labute approximate surface area is 165 Å². The van der Waals surface area contributed by atoms with Crippen molar-refractivity contribution in [1.82, 2.24) is 15.0 Å². The zero-order valence-electron chi connectivity index (χ0n) is 15.3. The molecule has 0 aliphatic heterocycles. The molecule has 3 heterocycles. The number of anilines is 2. The molecule has 3 aromatic rings. The van der Waals surface area contributed by atoms with Crippen molar-refractivity contribution in [1.29, 1.82) is 0 Å². The minimum absolute atomic E-state index is 0.242. The highest BCUT2D eigenvalue weighted by Crippen LogP contribution is 2.36. The van der Waals surface area contributed by atoms with Crippen molar-refractivity contribution in [2.75, 3.05) is 5.32 Å². The fourth-order valence-corrected chi connectivity index (χ4v) is 4.42. The van der Waals surface area contributed by atoms with Crippen molar-refractivity contribution >= 4 is 39.0 Å². The van der Waals surface area contributed by atoms with E-state index >= 15 is 0 Å². The van der Waals surface area contributed by atoms with Gasteiger partial charge in [-0.3, -0.25) is 0 Å². The third-order valence-electron chi connectivity index (χ3n) is 4.88. The number of aromatic nitrogens is 3. The maximum absolute atomic E-state index is 11.5. The number of carboxylic acid groups (broad SMARTS) is 1. The van der Waals surface area contributed by atoms with Crippen LogP contribution < -0.4 is 10.1 Å². The molecule has 0 radical (unpaired) electrons. The fraction of sp³-hybridized carbons (Fsp3) is 0.368. The van der Waals surface area contributed by atoms with Gasteiger partial charge < -0.3 is 20.3 Å². The maximum Gasteiger partial charge on any atom is 0.346 e. The van der Waals surface area contributed by atoms with E-state index in [2.05, 4.69) is 20.3 Å². The van der Waals surface area contributed by atoms with E-state index in [9.17, 15) is 15.0 Å². The molecule has 0 aromatic carbocycles. The molecule has 1 aliphatic rings. The van der Waals surface area contributed by atoms with Gasteiger partial charge in [-0.1, -0.05) is 6.42 Å². The summed E-state index contributed by atoms with van der Waals surface area (Å²) in [5.74, 6) is -0.108. The van der Waals surface area contributed by atoms with Crippen LogP contribution in [0, 0.1) is 6.92 Å². The van der Waals surface area contributed by atoms with Crippen molar-refractivity contribution in [3.8, 4) is 5.88 Å². The van der Waals surface area contributed by atoms with Crippen LogP contribution in [0.1, 0.15) is 40.9 Å². The Morgan fingerprint density at radius 1 is 1.29 bits per heavy atom. The summed E-state index contributed by atoms with van der Waals surface area (Å²) < 4.78 is 6.00. The summed E-state index contributed by atoms with van der Waals surface area (Å²) in [6, 6.07) is 3.58. The van der Waals surface area contributed by atoms with E-state index in [4.69, 9.17) is 4.74 Å². The van der Waals surface area contributed by atoms with Crippen LogP contribution in [0.2, 0.25) is 0 Å². The first-order valence-electron chi connectivity index (χ1n) is 9.08. The first-order valence-corrected chi connectivity index (χ1v) is 9.90. The number of nitrogens with one attached hydrogen (secondary N) is 1. The second-order valence-electron chi connectivity index (χ2n) is 6.75. The largest absolute Gasteiger partial charge is 0.477 e. The van der Waals surface area contributed by atoms with E-state index in [-0.39, 0.29) is 11.0 Å². The number of ether oxygens (including phenoxy) is 1. The number of hydrogen-bond donors (Lipinski definition) is 3. The highest BCUT2D eigenvalue weighted by Gasteiger charge is 2.26. The summed E-state index contributed by atoms with van der Waals surface area (Å²) in [4.78, 5) is 25.1. The van der Waals surface area contributed by atoms with Crippen molar-refractivity contribution in [2.24, 2.45) is 0 Å². The number of fused-ring (bicyclic) bond motifs is 1. The highest BCUT2D eigenvalue weighted by molar-refractivity contribution is 7.20. The Morgan fingerprint density at radius 2 is 2.11 bits per heavy atom. The van der Waals surface area contributed by atoms with Crippen LogP contribution in [0.25, 0.3) is 10.2 Å². The van der Waals surface area contributed by atoms with Gasteiger partial charge in [0.25, 0.3) is 0 Å². The molecule has 0 spiro atoms. The zero-order chi connectivity index (χ0) is 19.7. The standard InChI is InChI=1S/C19H20N4O4S/c1-10-14-16(21-9-22-18(14)28-15(10)19(25)26)23-11-5-4-8-20-17(11)27-13-7-3-2-6-12(13)24/h4-5,8-9,12-13,24H,2-3,6-7H2,1H3,(H,25,26)(H,21,22,23). The van der Waals surface area contributed by atoms with E-state index in [1.54, 1.807) is 19.2 Å². The molecule has 1 saturated carbocycles. The second kappa shape index (κ2) is 7.69. The van der Waals surface area contributed by atoms with Gasteiger partial charge in [0.2, 0.25) is 5.88 Å². The number of hydrogen-bond acceptors (Lipinski definition) is 8. The van der Waals surface area contributed by atoms with Gasteiger partial charge in [-0.15, -0.1) is 11.3 Å². The second-order valence-corrected chi connectivity index (χ2v) is 7.75. The summed E-state index contributed by atoms with van der Waals surface area (Å²) in [5.41, 5.74) is 1.22. The normalized spacial score (nSPS) is 19.5. The van der Waals surface area contributed by atoms with Gasteiger partial charge in [0, 0.05) is 6.20 Å². The molecule has 146 valence electrons. The van der Waals surface area contributed by atoms with Gasteiger partial charge in [-0.25, -0.2) is 19.7 Å². The van der Waals surface area contributed by atoms with Crippen molar-refractivity contribution < 1.29 is 19.7 Å². The van der Waals surface area contributed by atoms with Crippen LogP contribution in [0.15, 0.2) is 24.7 Å². The molecule has 28 heavy (non-hydrogen) atoms. The van der Waals surface area contributed by atoms with Crippen LogP contribution >= 0.6 is 11.3 Å². The van der Waals surface area contributed by atoms with Crippen LogP contribution in [-0.4, -0.2) is 43.3 Å². The molecule has 0 bridgehead atoms. The third kappa shape index (κ3) is 3.50. The first kappa shape index (κ1) is 18.6. The monoisotopic (exact) mass is 400 g/mol. The number of aliphatic hydroxyl groups excluding tert-OH is 1. The average molecular weight is 400 g/mol. The topological polar surface area (TPSA) is 117 Å². The highest BCUT2D eigenvalue weighted by atomic mass is 32.1. The maximum atomic E-state index is 11.5. The summed E-state index contributed by atoms with van der Waals surface area (Å²) in [7, 11) is 0. The average Bonchev–Trinajstić information content (AvgIpc) is 3.03. The molecular formula is C19H20N4O4S. The molecule has 2 atom stereocenters. The number of thiophene rings is 1. The molecule has 4 rings (SSSR count). The van der Waals surface area contributed by atoms with E-state index in [0.29, 0.717) is 33.2 Å².